The Kier molecular flexibility index (Phi) is 6.20. The number of carbonyl (C=O) groups excluding carboxylic acids is 2. The minimum absolute atomic E-state index is 0.226. The predicted octanol–water partition coefficient (Wildman–Crippen LogP) is 4.34. The molecule has 0 aromatic heterocycles. The summed E-state index contributed by atoms with van der Waals surface area (Å²) in [5.74, 6) is -0.974. The van der Waals surface area contributed by atoms with Gasteiger partial charge in [-0.15, -0.1) is 0 Å². The first kappa shape index (κ1) is 17.2. The summed E-state index contributed by atoms with van der Waals surface area (Å²) < 4.78 is 11.4. The molecule has 1 aromatic rings. The second kappa shape index (κ2) is 7.22. The fraction of sp³-hybridized carbons (Fsp3) is 0.429. The van der Waals surface area contributed by atoms with Crippen molar-refractivity contribution >= 4 is 43.8 Å². The standard InChI is InChI=1S/C14H16Br2O4/c1-7(2)19-13(17)9-5-10(12(16)11(15)6-9)14(18)20-8(3)4/h5-8H,1-4H3. The van der Waals surface area contributed by atoms with Crippen molar-refractivity contribution in [2.24, 2.45) is 0 Å². The molecule has 0 bridgehead atoms. The van der Waals surface area contributed by atoms with Gasteiger partial charge in [0.1, 0.15) is 0 Å². The summed E-state index contributed by atoms with van der Waals surface area (Å²) in [6.07, 6.45) is -0.463. The lowest BCUT2D eigenvalue weighted by atomic mass is 10.1. The quantitative estimate of drug-likeness (QED) is 0.696. The number of esters is 2. The smallest absolute Gasteiger partial charge is 0.339 e. The minimum Gasteiger partial charge on any atom is -0.459 e. The van der Waals surface area contributed by atoms with E-state index in [0.717, 1.165) is 0 Å². The van der Waals surface area contributed by atoms with Crippen molar-refractivity contribution in [3.05, 3.63) is 32.2 Å². The molecule has 0 atom stereocenters. The molecule has 110 valence electrons. The first-order valence-electron chi connectivity index (χ1n) is 6.13. The predicted molar refractivity (Wildman–Crippen MR) is 82.9 cm³/mol. The summed E-state index contributed by atoms with van der Waals surface area (Å²) in [5, 5.41) is 0. The molecule has 0 aliphatic heterocycles. The van der Waals surface area contributed by atoms with Crippen molar-refractivity contribution in [1.29, 1.82) is 0 Å². The van der Waals surface area contributed by atoms with E-state index in [4.69, 9.17) is 9.47 Å². The minimum atomic E-state index is -0.494. The van der Waals surface area contributed by atoms with Gasteiger partial charge in [0.05, 0.1) is 23.3 Å². The van der Waals surface area contributed by atoms with E-state index in [1.54, 1.807) is 33.8 Å². The van der Waals surface area contributed by atoms with Gasteiger partial charge in [-0.3, -0.25) is 0 Å². The van der Waals surface area contributed by atoms with Crippen LogP contribution in [0.3, 0.4) is 0 Å². The van der Waals surface area contributed by atoms with Gasteiger partial charge in [-0.05, 0) is 71.7 Å². The van der Waals surface area contributed by atoms with Gasteiger partial charge in [0.25, 0.3) is 0 Å². The summed E-state index contributed by atoms with van der Waals surface area (Å²) in [7, 11) is 0. The van der Waals surface area contributed by atoms with Crippen molar-refractivity contribution < 1.29 is 19.1 Å². The molecule has 0 saturated heterocycles. The highest BCUT2D eigenvalue weighted by atomic mass is 79.9. The Labute approximate surface area is 135 Å². The van der Waals surface area contributed by atoms with E-state index >= 15 is 0 Å². The van der Waals surface area contributed by atoms with E-state index < -0.39 is 11.9 Å². The Bertz CT molecular complexity index is 524. The number of benzene rings is 1. The Morgan fingerprint density at radius 1 is 0.950 bits per heavy atom. The molecule has 0 spiro atoms. The molecule has 0 radical (unpaired) electrons. The molecule has 6 heteroatoms. The zero-order valence-corrected chi connectivity index (χ0v) is 14.9. The third-order valence-corrected chi connectivity index (χ3v) is 4.18. The van der Waals surface area contributed by atoms with Crippen molar-refractivity contribution in [3.8, 4) is 0 Å². The van der Waals surface area contributed by atoms with E-state index in [9.17, 15) is 9.59 Å². The molecular formula is C14H16Br2O4. The fourth-order valence-corrected chi connectivity index (χ4v) is 2.27. The van der Waals surface area contributed by atoms with Gasteiger partial charge in [0, 0.05) is 8.95 Å². The molecule has 0 aliphatic carbocycles. The van der Waals surface area contributed by atoms with E-state index in [2.05, 4.69) is 31.9 Å². The summed E-state index contributed by atoms with van der Waals surface area (Å²) in [6.45, 7) is 7.05. The third kappa shape index (κ3) is 4.59. The maximum Gasteiger partial charge on any atom is 0.339 e. The molecule has 0 amide bonds. The summed E-state index contributed by atoms with van der Waals surface area (Å²) >= 11 is 6.61. The number of ether oxygens (including phenoxy) is 2. The van der Waals surface area contributed by atoms with Gasteiger partial charge >= 0.3 is 11.9 Å². The van der Waals surface area contributed by atoms with Gasteiger partial charge in [0.15, 0.2) is 0 Å². The van der Waals surface area contributed by atoms with Crippen LogP contribution >= 0.6 is 31.9 Å². The lowest BCUT2D eigenvalue weighted by Crippen LogP contribution is -2.15. The zero-order chi connectivity index (χ0) is 15.4. The van der Waals surface area contributed by atoms with E-state index in [1.165, 1.54) is 6.07 Å². The van der Waals surface area contributed by atoms with Crippen molar-refractivity contribution in [2.75, 3.05) is 0 Å². The largest absolute Gasteiger partial charge is 0.459 e. The summed E-state index contributed by atoms with van der Waals surface area (Å²) in [6, 6.07) is 3.06. The SMILES string of the molecule is CC(C)OC(=O)c1cc(Br)c(Br)c(C(=O)OC(C)C)c1. The number of halogens is 2. The highest BCUT2D eigenvalue weighted by Gasteiger charge is 2.20. The molecule has 20 heavy (non-hydrogen) atoms. The first-order valence-corrected chi connectivity index (χ1v) is 7.72. The van der Waals surface area contributed by atoms with E-state index in [-0.39, 0.29) is 17.8 Å². The molecular weight excluding hydrogens is 392 g/mol. The average molecular weight is 408 g/mol. The van der Waals surface area contributed by atoms with Crippen LogP contribution in [0.1, 0.15) is 48.4 Å². The zero-order valence-electron chi connectivity index (χ0n) is 11.7. The molecule has 1 aromatic carbocycles. The van der Waals surface area contributed by atoms with Gasteiger partial charge in [-0.2, -0.15) is 0 Å². The topological polar surface area (TPSA) is 52.6 Å². The van der Waals surface area contributed by atoms with Crippen molar-refractivity contribution in [1.82, 2.24) is 0 Å². The molecule has 0 fully saturated rings. The van der Waals surface area contributed by atoms with Crippen LogP contribution in [0.15, 0.2) is 21.1 Å². The van der Waals surface area contributed by atoms with Gasteiger partial charge in [0.2, 0.25) is 0 Å². The van der Waals surface area contributed by atoms with Crippen molar-refractivity contribution in [3.63, 3.8) is 0 Å². The molecule has 1 rings (SSSR count). The van der Waals surface area contributed by atoms with Crippen LogP contribution in [0, 0.1) is 0 Å². The number of rotatable bonds is 4. The average Bonchev–Trinajstić information content (AvgIpc) is 2.30. The van der Waals surface area contributed by atoms with E-state index in [1.807, 2.05) is 0 Å². The van der Waals surface area contributed by atoms with E-state index in [0.29, 0.717) is 14.5 Å². The van der Waals surface area contributed by atoms with Crippen LogP contribution in [0.25, 0.3) is 0 Å². The summed E-state index contributed by atoms with van der Waals surface area (Å²) in [5.41, 5.74) is 0.577. The van der Waals surface area contributed by atoms with Crippen LogP contribution in [0.5, 0.6) is 0 Å². The molecule has 0 aliphatic rings. The second-order valence-electron chi connectivity index (χ2n) is 4.73. The van der Waals surface area contributed by atoms with Gasteiger partial charge in [-0.1, -0.05) is 0 Å². The summed E-state index contributed by atoms with van der Waals surface area (Å²) in [4.78, 5) is 23.9. The maximum atomic E-state index is 12.0. The van der Waals surface area contributed by atoms with Crippen LogP contribution in [-0.4, -0.2) is 24.1 Å². The maximum absolute atomic E-state index is 12.0. The number of hydrogen-bond donors (Lipinski definition) is 0. The highest BCUT2D eigenvalue weighted by molar-refractivity contribution is 9.13. The lowest BCUT2D eigenvalue weighted by Gasteiger charge is -2.13. The molecule has 0 saturated carbocycles. The van der Waals surface area contributed by atoms with Crippen LogP contribution in [0.2, 0.25) is 0 Å². The normalized spacial score (nSPS) is 10.8. The second-order valence-corrected chi connectivity index (χ2v) is 6.38. The Balaban J connectivity index is 3.16. The van der Waals surface area contributed by atoms with Gasteiger partial charge < -0.3 is 9.47 Å². The van der Waals surface area contributed by atoms with Crippen LogP contribution in [0.4, 0.5) is 0 Å². The molecule has 0 unspecified atom stereocenters. The molecule has 0 N–H and O–H groups in total. The highest BCUT2D eigenvalue weighted by Crippen LogP contribution is 2.29. The number of carbonyl (C=O) groups is 2. The Hall–Kier alpha value is -0.880. The van der Waals surface area contributed by atoms with Gasteiger partial charge in [-0.25, -0.2) is 9.59 Å². The molecule has 4 nitrogen and oxygen atoms in total. The Morgan fingerprint density at radius 2 is 1.45 bits per heavy atom. The number of hydrogen-bond acceptors (Lipinski definition) is 4. The lowest BCUT2D eigenvalue weighted by molar-refractivity contribution is 0.0376. The van der Waals surface area contributed by atoms with Crippen LogP contribution < -0.4 is 0 Å². The van der Waals surface area contributed by atoms with Crippen molar-refractivity contribution in [2.45, 2.75) is 39.9 Å². The fourth-order valence-electron chi connectivity index (χ4n) is 1.42. The first-order chi connectivity index (χ1) is 9.22. The van der Waals surface area contributed by atoms with Crippen LogP contribution in [-0.2, 0) is 9.47 Å². The molecule has 0 heterocycles. The Morgan fingerprint density at radius 3 is 1.95 bits per heavy atom. The third-order valence-electron chi connectivity index (χ3n) is 2.17. The monoisotopic (exact) mass is 406 g/mol.